The Balaban J connectivity index is 2.82. The zero-order valence-electron chi connectivity index (χ0n) is 6.74. The van der Waals surface area contributed by atoms with Gasteiger partial charge in [-0.05, 0) is 12.8 Å². The molecule has 0 unspecified atom stereocenters. The first-order valence-corrected chi connectivity index (χ1v) is 4.64. The van der Waals surface area contributed by atoms with E-state index in [0.717, 1.165) is 17.4 Å². The fourth-order valence-corrected chi connectivity index (χ4v) is 1.37. The summed E-state index contributed by atoms with van der Waals surface area (Å²) in [4.78, 5) is 0. The number of nitrogens with two attached hydrogens (primary N) is 1. The molecular weight excluding hydrogens is 160 g/mol. The number of thioether (sulfide) groups is 1. The van der Waals surface area contributed by atoms with Crippen molar-refractivity contribution in [1.29, 1.82) is 0 Å². The van der Waals surface area contributed by atoms with Crippen molar-refractivity contribution in [2.24, 2.45) is 12.8 Å². The fourth-order valence-electron chi connectivity index (χ4n) is 0.870. The first-order chi connectivity index (χ1) is 5.29. The lowest BCUT2D eigenvalue weighted by Crippen LogP contribution is -2.07. The van der Waals surface area contributed by atoms with Crippen molar-refractivity contribution in [2.75, 3.05) is 12.8 Å². The number of hydrogen-bond acceptors (Lipinski definition) is 4. The molecule has 0 aliphatic rings. The molecule has 0 saturated carbocycles. The van der Waals surface area contributed by atoms with E-state index in [-0.39, 0.29) is 0 Å². The lowest BCUT2D eigenvalue weighted by atomic mass is 10.4. The fraction of sp³-hybridized carbons (Fsp3) is 0.667. The van der Waals surface area contributed by atoms with Gasteiger partial charge in [0.15, 0.2) is 5.16 Å². The van der Waals surface area contributed by atoms with E-state index in [2.05, 4.69) is 10.2 Å². The number of aromatic nitrogens is 3. The number of nitrogens with zero attached hydrogens (tertiary/aromatic N) is 3. The maximum atomic E-state index is 5.39. The summed E-state index contributed by atoms with van der Waals surface area (Å²) < 4.78 is 1.97. The summed E-state index contributed by atoms with van der Waals surface area (Å²) in [5.74, 6) is 0.955. The van der Waals surface area contributed by atoms with Crippen molar-refractivity contribution in [3.8, 4) is 0 Å². The van der Waals surface area contributed by atoms with Crippen molar-refractivity contribution in [2.45, 2.75) is 11.6 Å². The molecule has 5 heteroatoms. The molecule has 0 radical (unpaired) electrons. The Bertz CT molecular complexity index is 232. The van der Waals surface area contributed by atoms with Crippen molar-refractivity contribution in [3.63, 3.8) is 0 Å². The van der Waals surface area contributed by atoms with Crippen molar-refractivity contribution < 1.29 is 0 Å². The average molecular weight is 172 g/mol. The molecule has 0 saturated heterocycles. The van der Waals surface area contributed by atoms with Crippen molar-refractivity contribution in [1.82, 2.24) is 14.8 Å². The average Bonchev–Trinajstić information content (AvgIpc) is 2.34. The van der Waals surface area contributed by atoms with Crippen LogP contribution in [0.2, 0.25) is 0 Å². The molecule has 0 aliphatic carbocycles. The van der Waals surface area contributed by atoms with Gasteiger partial charge in [-0.3, -0.25) is 0 Å². The van der Waals surface area contributed by atoms with Crippen LogP contribution < -0.4 is 5.73 Å². The Morgan fingerprint density at radius 1 is 1.55 bits per heavy atom. The summed E-state index contributed by atoms with van der Waals surface area (Å²) >= 11 is 1.59. The highest BCUT2D eigenvalue weighted by Gasteiger charge is 2.04. The Kier molecular flexibility index (Phi) is 2.90. The molecule has 0 aromatic carbocycles. The quantitative estimate of drug-likeness (QED) is 0.654. The highest BCUT2D eigenvalue weighted by Crippen LogP contribution is 2.10. The summed E-state index contributed by atoms with van der Waals surface area (Å²) in [7, 11) is 1.96. The maximum absolute atomic E-state index is 5.39. The van der Waals surface area contributed by atoms with E-state index in [1.807, 2.05) is 17.9 Å². The van der Waals surface area contributed by atoms with Gasteiger partial charge in [0.05, 0.1) is 0 Å². The zero-order chi connectivity index (χ0) is 8.27. The third-order valence-electron chi connectivity index (χ3n) is 1.48. The SMILES string of the molecule is CSc1nnc(CCN)n1C. The molecule has 4 nitrogen and oxygen atoms in total. The van der Waals surface area contributed by atoms with Gasteiger partial charge in [-0.15, -0.1) is 10.2 Å². The van der Waals surface area contributed by atoms with Crippen LogP contribution in [0.25, 0.3) is 0 Å². The second kappa shape index (κ2) is 3.73. The van der Waals surface area contributed by atoms with E-state index in [9.17, 15) is 0 Å². The Morgan fingerprint density at radius 2 is 2.27 bits per heavy atom. The van der Waals surface area contributed by atoms with Gasteiger partial charge in [-0.25, -0.2) is 0 Å². The molecule has 1 rings (SSSR count). The number of hydrogen-bond donors (Lipinski definition) is 1. The van der Waals surface area contributed by atoms with Gasteiger partial charge in [-0.1, -0.05) is 11.8 Å². The molecule has 2 N–H and O–H groups in total. The van der Waals surface area contributed by atoms with Crippen LogP contribution >= 0.6 is 11.8 Å². The molecule has 1 aromatic rings. The molecule has 0 aliphatic heterocycles. The lowest BCUT2D eigenvalue weighted by Gasteiger charge is -1.98. The normalized spacial score (nSPS) is 10.5. The van der Waals surface area contributed by atoms with Crippen molar-refractivity contribution in [3.05, 3.63) is 5.82 Å². The van der Waals surface area contributed by atoms with Gasteiger partial charge in [0, 0.05) is 13.5 Å². The summed E-state index contributed by atoms with van der Waals surface area (Å²) in [5, 5.41) is 8.90. The molecule has 0 spiro atoms. The molecule has 62 valence electrons. The zero-order valence-corrected chi connectivity index (χ0v) is 7.56. The van der Waals surface area contributed by atoms with Crippen LogP contribution in [0.5, 0.6) is 0 Å². The van der Waals surface area contributed by atoms with Crippen LogP contribution in [0.1, 0.15) is 5.82 Å². The van der Waals surface area contributed by atoms with Crippen LogP contribution in [0, 0.1) is 0 Å². The smallest absolute Gasteiger partial charge is 0.190 e. The first-order valence-electron chi connectivity index (χ1n) is 3.42. The van der Waals surface area contributed by atoms with Crippen molar-refractivity contribution >= 4 is 11.8 Å². The van der Waals surface area contributed by atoms with Gasteiger partial charge < -0.3 is 10.3 Å². The molecular formula is C6H12N4S. The molecule has 0 amide bonds. The molecule has 1 heterocycles. The summed E-state index contributed by atoms with van der Waals surface area (Å²) in [6.45, 7) is 0.625. The van der Waals surface area contributed by atoms with E-state index < -0.39 is 0 Å². The molecule has 1 aromatic heterocycles. The minimum atomic E-state index is 0.625. The Morgan fingerprint density at radius 3 is 2.73 bits per heavy atom. The van der Waals surface area contributed by atoms with Gasteiger partial charge in [-0.2, -0.15) is 0 Å². The van der Waals surface area contributed by atoms with Crippen LogP contribution in [0.4, 0.5) is 0 Å². The van der Waals surface area contributed by atoms with E-state index in [4.69, 9.17) is 5.73 Å². The van der Waals surface area contributed by atoms with Crippen LogP contribution in [-0.4, -0.2) is 27.6 Å². The van der Waals surface area contributed by atoms with Crippen LogP contribution in [-0.2, 0) is 13.5 Å². The molecule has 11 heavy (non-hydrogen) atoms. The Labute approximate surface area is 70.2 Å². The van der Waals surface area contributed by atoms with Gasteiger partial charge in [0.2, 0.25) is 0 Å². The largest absolute Gasteiger partial charge is 0.330 e. The monoisotopic (exact) mass is 172 g/mol. The first kappa shape index (κ1) is 8.55. The van der Waals surface area contributed by atoms with E-state index in [1.165, 1.54) is 0 Å². The lowest BCUT2D eigenvalue weighted by molar-refractivity contribution is 0.728. The highest BCUT2D eigenvalue weighted by atomic mass is 32.2. The maximum Gasteiger partial charge on any atom is 0.190 e. The topological polar surface area (TPSA) is 56.7 Å². The minimum absolute atomic E-state index is 0.625. The van der Waals surface area contributed by atoms with Crippen LogP contribution in [0.15, 0.2) is 5.16 Å². The van der Waals surface area contributed by atoms with Gasteiger partial charge >= 0.3 is 0 Å². The summed E-state index contributed by atoms with van der Waals surface area (Å²) in [5.41, 5.74) is 5.39. The standard InChI is InChI=1S/C6H12N4S/c1-10-5(3-4-7)8-9-6(10)11-2/h3-4,7H2,1-2H3. The summed E-state index contributed by atoms with van der Waals surface area (Å²) in [6.07, 6.45) is 2.78. The second-order valence-corrected chi connectivity index (χ2v) is 2.97. The predicted octanol–water partition coefficient (Wildman–Crippen LogP) is 0.0382. The molecule has 0 atom stereocenters. The number of rotatable bonds is 3. The minimum Gasteiger partial charge on any atom is -0.330 e. The second-order valence-electron chi connectivity index (χ2n) is 2.20. The van der Waals surface area contributed by atoms with Crippen LogP contribution in [0.3, 0.4) is 0 Å². The van der Waals surface area contributed by atoms with E-state index >= 15 is 0 Å². The highest BCUT2D eigenvalue weighted by molar-refractivity contribution is 7.98. The Hall–Kier alpha value is -0.550. The molecule has 0 fully saturated rings. The third kappa shape index (κ3) is 1.72. The van der Waals surface area contributed by atoms with E-state index in [1.54, 1.807) is 11.8 Å². The van der Waals surface area contributed by atoms with E-state index in [0.29, 0.717) is 6.54 Å². The predicted molar refractivity (Wildman–Crippen MR) is 45.5 cm³/mol. The molecule has 0 bridgehead atoms. The summed E-state index contributed by atoms with van der Waals surface area (Å²) in [6, 6.07) is 0. The van der Waals surface area contributed by atoms with Gasteiger partial charge in [0.1, 0.15) is 5.82 Å². The van der Waals surface area contributed by atoms with Gasteiger partial charge in [0.25, 0.3) is 0 Å². The third-order valence-corrected chi connectivity index (χ3v) is 2.20.